The van der Waals surface area contributed by atoms with E-state index in [0.29, 0.717) is 5.52 Å². The van der Waals surface area contributed by atoms with Gasteiger partial charge in [-0.3, -0.25) is 0 Å². The minimum Gasteiger partial charge on any atom is -0.480 e. The predicted octanol–water partition coefficient (Wildman–Crippen LogP) is 3.23. The Morgan fingerprint density at radius 2 is 1.80 bits per heavy atom. The SMILES string of the molecule is O=C(NC(CCCS(=O)(=O)c1nc2ccccc2s1)C(=O)O)OCc1ccccc1. The Morgan fingerprint density at radius 1 is 1.10 bits per heavy atom. The number of ether oxygens (including phenoxy) is 1. The molecule has 0 fully saturated rings. The molecule has 0 saturated heterocycles. The number of carbonyl (C=O) groups is 2. The lowest BCUT2D eigenvalue weighted by molar-refractivity contribution is -0.139. The molecule has 0 bridgehead atoms. The number of carbonyl (C=O) groups excluding carboxylic acids is 1. The van der Waals surface area contributed by atoms with Crippen LogP contribution in [0.1, 0.15) is 18.4 Å². The van der Waals surface area contributed by atoms with E-state index in [9.17, 15) is 23.1 Å². The second-order valence-corrected chi connectivity index (χ2v) is 9.82. The van der Waals surface area contributed by atoms with E-state index in [0.717, 1.165) is 21.6 Å². The van der Waals surface area contributed by atoms with E-state index < -0.39 is 27.9 Å². The molecule has 30 heavy (non-hydrogen) atoms. The number of alkyl carbamates (subject to hydrolysis) is 1. The van der Waals surface area contributed by atoms with Crippen LogP contribution in [0.15, 0.2) is 58.9 Å². The van der Waals surface area contributed by atoms with E-state index in [1.807, 2.05) is 6.07 Å². The summed E-state index contributed by atoms with van der Waals surface area (Å²) in [7, 11) is -3.65. The van der Waals surface area contributed by atoms with Crippen LogP contribution < -0.4 is 5.32 Å². The summed E-state index contributed by atoms with van der Waals surface area (Å²) in [6, 6.07) is 14.8. The van der Waals surface area contributed by atoms with Crippen LogP contribution in [0, 0.1) is 0 Å². The summed E-state index contributed by atoms with van der Waals surface area (Å²) in [6.45, 7) is 0.00496. The van der Waals surface area contributed by atoms with Gasteiger partial charge in [0, 0.05) is 0 Å². The van der Waals surface area contributed by atoms with Gasteiger partial charge in [0.1, 0.15) is 12.6 Å². The number of aliphatic carboxylic acids is 1. The molecular weight excluding hydrogens is 428 g/mol. The van der Waals surface area contributed by atoms with Crippen molar-refractivity contribution in [2.24, 2.45) is 0 Å². The molecule has 3 rings (SSSR count). The van der Waals surface area contributed by atoms with Gasteiger partial charge in [-0.25, -0.2) is 23.0 Å². The highest BCUT2D eigenvalue weighted by Crippen LogP contribution is 2.26. The Morgan fingerprint density at radius 3 is 2.50 bits per heavy atom. The van der Waals surface area contributed by atoms with Gasteiger partial charge in [0.05, 0.1) is 16.0 Å². The van der Waals surface area contributed by atoms with Crippen LogP contribution in [0.5, 0.6) is 0 Å². The zero-order valence-corrected chi connectivity index (χ0v) is 17.5. The average molecular weight is 449 g/mol. The monoisotopic (exact) mass is 448 g/mol. The molecule has 158 valence electrons. The lowest BCUT2D eigenvalue weighted by atomic mass is 10.2. The molecule has 2 aromatic carbocycles. The number of hydrogen-bond acceptors (Lipinski definition) is 7. The van der Waals surface area contributed by atoms with E-state index in [1.54, 1.807) is 48.5 Å². The standard InChI is InChI=1S/C20H20N2O6S2/c23-18(24)16(21-19(25)28-13-14-7-2-1-3-8-14)10-6-12-30(26,27)20-22-15-9-4-5-11-17(15)29-20/h1-5,7-9,11,16H,6,10,12-13H2,(H,21,25)(H,23,24). The number of thiazole rings is 1. The molecule has 2 N–H and O–H groups in total. The van der Waals surface area contributed by atoms with Crippen molar-refractivity contribution in [3.05, 3.63) is 60.2 Å². The predicted molar refractivity (Wildman–Crippen MR) is 112 cm³/mol. The number of nitrogens with one attached hydrogen (secondary N) is 1. The number of para-hydroxylation sites is 1. The second kappa shape index (κ2) is 9.68. The number of carboxylic acid groups (broad SMARTS) is 1. The molecule has 1 atom stereocenters. The van der Waals surface area contributed by atoms with Crippen LogP contribution in [0.4, 0.5) is 4.79 Å². The molecule has 1 aromatic heterocycles. The van der Waals surface area contributed by atoms with Crippen molar-refractivity contribution in [3.63, 3.8) is 0 Å². The normalized spacial score (nSPS) is 12.4. The molecule has 8 nitrogen and oxygen atoms in total. The minimum absolute atomic E-state index is 0.00496. The smallest absolute Gasteiger partial charge is 0.408 e. The number of benzene rings is 2. The third-order valence-electron chi connectivity index (χ3n) is 4.25. The van der Waals surface area contributed by atoms with Crippen LogP contribution in [0.25, 0.3) is 10.2 Å². The van der Waals surface area contributed by atoms with Gasteiger partial charge in [-0.1, -0.05) is 42.5 Å². The van der Waals surface area contributed by atoms with Gasteiger partial charge in [-0.15, -0.1) is 11.3 Å². The number of amides is 1. The maximum Gasteiger partial charge on any atom is 0.408 e. The minimum atomic E-state index is -3.65. The molecule has 10 heteroatoms. The first-order valence-corrected chi connectivity index (χ1v) is 11.6. The highest BCUT2D eigenvalue weighted by Gasteiger charge is 2.24. The molecule has 0 aliphatic rings. The number of aromatic nitrogens is 1. The summed E-state index contributed by atoms with van der Waals surface area (Å²) >= 11 is 1.08. The number of carboxylic acids is 1. The van der Waals surface area contributed by atoms with E-state index in [-0.39, 0.29) is 29.5 Å². The largest absolute Gasteiger partial charge is 0.480 e. The van der Waals surface area contributed by atoms with Crippen molar-refractivity contribution in [2.45, 2.75) is 29.8 Å². The Bertz CT molecular complexity index is 1100. The fraction of sp³-hybridized carbons (Fsp3) is 0.250. The number of hydrogen-bond donors (Lipinski definition) is 2. The highest BCUT2D eigenvalue weighted by atomic mass is 32.2. The first-order valence-electron chi connectivity index (χ1n) is 9.13. The van der Waals surface area contributed by atoms with Crippen molar-refractivity contribution in [3.8, 4) is 0 Å². The van der Waals surface area contributed by atoms with Crippen molar-refractivity contribution >= 4 is 43.5 Å². The number of sulfone groups is 1. The van der Waals surface area contributed by atoms with E-state index >= 15 is 0 Å². The summed E-state index contributed by atoms with van der Waals surface area (Å²) in [5.74, 6) is -1.53. The molecule has 0 aliphatic carbocycles. The molecule has 1 unspecified atom stereocenters. The number of nitrogens with zero attached hydrogens (tertiary/aromatic N) is 1. The third-order valence-corrected chi connectivity index (χ3v) is 7.54. The van der Waals surface area contributed by atoms with Gasteiger partial charge in [0.25, 0.3) is 0 Å². The van der Waals surface area contributed by atoms with Gasteiger partial charge in [-0.05, 0) is 30.5 Å². The van der Waals surface area contributed by atoms with Crippen LogP contribution in [0.3, 0.4) is 0 Å². The number of fused-ring (bicyclic) bond motifs is 1. The summed E-state index contributed by atoms with van der Waals surface area (Å²) < 4.78 is 30.8. The van der Waals surface area contributed by atoms with Crippen molar-refractivity contribution in [1.29, 1.82) is 0 Å². The van der Waals surface area contributed by atoms with Gasteiger partial charge < -0.3 is 15.2 Å². The summed E-state index contributed by atoms with van der Waals surface area (Å²) in [5, 5.41) is 11.6. The summed E-state index contributed by atoms with van der Waals surface area (Å²) in [6.07, 6.45) is -0.881. The lowest BCUT2D eigenvalue weighted by Crippen LogP contribution is -2.41. The first-order chi connectivity index (χ1) is 14.3. The van der Waals surface area contributed by atoms with Crippen molar-refractivity contribution < 1.29 is 27.9 Å². The fourth-order valence-corrected chi connectivity index (χ4v) is 5.40. The molecule has 0 saturated carbocycles. The zero-order chi connectivity index (χ0) is 21.6. The molecular formula is C20H20N2O6S2. The van der Waals surface area contributed by atoms with Gasteiger partial charge >= 0.3 is 12.1 Å². The maximum absolute atomic E-state index is 12.5. The molecule has 0 aliphatic heterocycles. The lowest BCUT2D eigenvalue weighted by Gasteiger charge is -2.14. The Kier molecular flexibility index (Phi) is 7.01. The first kappa shape index (κ1) is 21.7. The van der Waals surface area contributed by atoms with Gasteiger partial charge in [-0.2, -0.15) is 0 Å². The van der Waals surface area contributed by atoms with Crippen LogP contribution in [0.2, 0.25) is 0 Å². The van der Waals surface area contributed by atoms with Gasteiger partial charge in [0.15, 0.2) is 0 Å². The molecule has 0 spiro atoms. The molecule has 1 heterocycles. The van der Waals surface area contributed by atoms with E-state index in [4.69, 9.17) is 4.74 Å². The molecule has 3 aromatic rings. The average Bonchev–Trinajstić information content (AvgIpc) is 3.17. The number of rotatable bonds is 9. The fourth-order valence-electron chi connectivity index (χ4n) is 2.71. The van der Waals surface area contributed by atoms with Crippen molar-refractivity contribution in [1.82, 2.24) is 10.3 Å². The van der Waals surface area contributed by atoms with Crippen molar-refractivity contribution in [2.75, 3.05) is 5.75 Å². The topological polar surface area (TPSA) is 123 Å². The Hall–Kier alpha value is -2.98. The zero-order valence-electron chi connectivity index (χ0n) is 15.9. The van der Waals surface area contributed by atoms with Gasteiger partial charge in [0.2, 0.25) is 14.2 Å². The van der Waals surface area contributed by atoms with E-state index in [2.05, 4.69) is 10.3 Å². The molecule has 0 radical (unpaired) electrons. The summed E-state index contributed by atoms with van der Waals surface area (Å²) in [5.41, 5.74) is 1.37. The van der Waals surface area contributed by atoms with Crippen LogP contribution >= 0.6 is 11.3 Å². The third kappa shape index (κ3) is 5.77. The van der Waals surface area contributed by atoms with Crippen LogP contribution in [-0.2, 0) is 26.0 Å². The quantitative estimate of drug-likeness (QED) is 0.515. The summed E-state index contributed by atoms with van der Waals surface area (Å²) in [4.78, 5) is 27.5. The Balaban J connectivity index is 1.52. The van der Waals surface area contributed by atoms with E-state index in [1.165, 1.54) is 0 Å². The van der Waals surface area contributed by atoms with Crippen LogP contribution in [-0.4, -0.2) is 42.4 Å². The highest BCUT2D eigenvalue weighted by molar-refractivity contribution is 7.93. The Labute approximate surface area is 177 Å². The second-order valence-electron chi connectivity index (χ2n) is 6.51. The maximum atomic E-state index is 12.5. The molecule has 1 amide bonds.